The first kappa shape index (κ1) is 33.1. The molecule has 0 aromatic heterocycles. The Bertz CT molecular complexity index is 1370. The quantitative estimate of drug-likeness (QED) is 0.152. The van der Waals surface area contributed by atoms with Gasteiger partial charge in [-0.3, -0.25) is 20.9 Å². The molecule has 0 saturated carbocycles. The molecule has 22 heteroatoms. The zero-order chi connectivity index (χ0) is 25.5. The van der Waals surface area contributed by atoms with Crippen molar-refractivity contribution in [1.82, 2.24) is 0 Å². The maximum atomic E-state index is 12.7. The molecule has 0 N–H and O–H groups in total. The largest absolute Gasteiger partial charge is 1.00 e. The molecule has 0 atom stereocenters. The van der Waals surface area contributed by atoms with Crippen molar-refractivity contribution in [2.45, 2.75) is 29.4 Å². The monoisotopic (exact) mass is 604 g/mol. The smallest absolute Gasteiger partial charge is 1.00 e. The van der Waals surface area contributed by atoms with Crippen molar-refractivity contribution in [2.75, 3.05) is 35.5 Å². The van der Waals surface area contributed by atoms with Gasteiger partial charge in [0, 0.05) is 4.90 Å². The van der Waals surface area contributed by atoms with Crippen molar-refractivity contribution in [2.24, 2.45) is 0 Å². The molecule has 0 radical (unpaired) electrons. The summed E-state index contributed by atoms with van der Waals surface area (Å²) in [5, 5.41) is 0. The Hall–Kier alpha value is 0.120. The number of benzene rings is 1. The van der Waals surface area contributed by atoms with Gasteiger partial charge in [0.05, 0.1) is 35.5 Å². The van der Waals surface area contributed by atoms with Crippen LogP contribution in [0.4, 0.5) is 0 Å². The Morgan fingerprint density at radius 2 is 0.606 bits per heavy atom. The third-order valence-electron chi connectivity index (χ3n) is 3.60. The van der Waals surface area contributed by atoms with Crippen LogP contribution in [0.15, 0.2) is 29.4 Å². The van der Waals surface area contributed by atoms with E-state index in [1.165, 1.54) is 0 Å². The zero-order valence-electron chi connectivity index (χ0n) is 18.6. The van der Waals surface area contributed by atoms with Crippen LogP contribution in [0.2, 0.25) is 0 Å². The summed E-state index contributed by atoms with van der Waals surface area (Å²) in [6.07, 6.45) is 0. The van der Waals surface area contributed by atoms with E-state index in [1.54, 1.807) is 0 Å². The van der Waals surface area contributed by atoms with Crippen molar-refractivity contribution in [3.63, 3.8) is 0 Å². The molecule has 0 fully saturated rings. The van der Waals surface area contributed by atoms with Gasteiger partial charge in [-0.05, 0) is 0 Å². The first-order chi connectivity index (χ1) is 14.3. The Morgan fingerprint density at radius 3 is 0.788 bits per heavy atom. The molecule has 1 aromatic carbocycles. The Kier molecular flexibility index (Phi) is 11.1. The van der Waals surface area contributed by atoms with E-state index in [4.69, 9.17) is 0 Å². The first-order valence-corrected chi connectivity index (χ1v) is 14.8. The Labute approximate surface area is 220 Å². The minimum Gasteiger partial charge on any atom is -1.00 e. The van der Waals surface area contributed by atoms with Crippen molar-refractivity contribution < 1.29 is 94.0 Å². The molecule has 0 heterocycles. The van der Waals surface area contributed by atoms with E-state index in [1.807, 2.05) is 0 Å². The van der Waals surface area contributed by atoms with Gasteiger partial charge in [-0.1, -0.05) is 0 Å². The maximum absolute atomic E-state index is 12.7. The average molecular weight is 605 g/mol. The average Bonchev–Trinajstić information content (AvgIpc) is 2.71. The van der Waals surface area contributed by atoms with E-state index in [0.29, 0.717) is 35.5 Å². The van der Waals surface area contributed by atoms with Crippen molar-refractivity contribution >= 4 is 63.2 Å². The molecule has 1 rings (SSSR count). The SMILES string of the molecule is COS(=O)(=O)c1c(S)c(S(=O)(=O)OC)c(S(=O)(=O)OC)c(S(=O)(=O)OC)c1S(=O)(=O)OC.[H-].[Na+]. The predicted molar refractivity (Wildman–Crippen MR) is 106 cm³/mol. The zero-order valence-corrected chi connectivity index (χ0v) is 24.6. The van der Waals surface area contributed by atoms with Gasteiger partial charge >= 0.3 is 29.6 Å². The molecule has 0 saturated heterocycles. The summed E-state index contributed by atoms with van der Waals surface area (Å²) in [4.78, 5) is -10.5. The van der Waals surface area contributed by atoms with Crippen LogP contribution in [-0.2, 0) is 71.5 Å². The second-order valence-corrected chi connectivity index (χ2v) is 13.8. The molecule has 188 valence electrons. The van der Waals surface area contributed by atoms with Gasteiger partial charge in [0.25, 0.3) is 50.6 Å². The van der Waals surface area contributed by atoms with Crippen LogP contribution in [-0.4, -0.2) is 77.6 Å². The number of thiol groups is 1. The molecule has 1 aromatic rings. The topological polar surface area (TPSA) is 217 Å². The molecule has 0 spiro atoms. The summed E-state index contributed by atoms with van der Waals surface area (Å²) >= 11 is 3.67. The maximum Gasteiger partial charge on any atom is 1.00 e. The van der Waals surface area contributed by atoms with Gasteiger partial charge in [-0.25, -0.2) is 0 Å². The third-order valence-corrected chi connectivity index (χ3v) is 11.6. The van der Waals surface area contributed by atoms with Crippen LogP contribution in [0.5, 0.6) is 0 Å². The van der Waals surface area contributed by atoms with Crippen molar-refractivity contribution in [3.8, 4) is 0 Å². The fourth-order valence-electron chi connectivity index (χ4n) is 2.19. The Balaban J connectivity index is 0. The van der Waals surface area contributed by atoms with Gasteiger partial charge in [0.15, 0.2) is 0 Å². The Morgan fingerprint density at radius 1 is 0.455 bits per heavy atom. The normalized spacial score (nSPS) is 13.5. The van der Waals surface area contributed by atoms with Crippen LogP contribution in [0, 0.1) is 0 Å². The van der Waals surface area contributed by atoms with Crippen LogP contribution in [0.25, 0.3) is 0 Å². The van der Waals surface area contributed by atoms with Gasteiger partial charge < -0.3 is 1.43 Å². The third kappa shape index (κ3) is 6.10. The van der Waals surface area contributed by atoms with Crippen LogP contribution >= 0.6 is 12.6 Å². The first-order valence-electron chi connectivity index (χ1n) is 7.29. The summed E-state index contributed by atoms with van der Waals surface area (Å²) in [5.74, 6) is 0. The molecule has 0 amide bonds. The van der Waals surface area contributed by atoms with E-state index >= 15 is 0 Å². The second kappa shape index (κ2) is 11.0. The van der Waals surface area contributed by atoms with Gasteiger partial charge in [-0.15, -0.1) is 12.6 Å². The van der Waals surface area contributed by atoms with Crippen LogP contribution < -0.4 is 29.6 Å². The molecule has 33 heavy (non-hydrogen) atoms. The fourth-order valence-corrected chi connectivity index (χ4v) is 10.1. The van der Waals surface area contributed by atoms with Gasteiger partial charge in [0.1, 0.15) is 24.5 Å². The summed E-state index contributed by atoms with van der Waals surface area (Å²) in [7, 11) is -24.6. The van der Waals surface area contributed by atoms with E-state index in [2.05, 4.69) is 33.5 Å². The number of hydrogen-bond donors (Lipinski definition) is 1. The fraction of sp³-hybridized carbons (Fsp3) is 0.455. The molecule has 0 unspecified atom stereocenters. The molecular weight excluding hydrogens is 587 g/mol. The summed E-state index contributed by atoms with van der Waals surface area (Å²) in [5.41, 5.74) is 0. The van der Waals surface area contributed by atoms with Gasteiger partial charge in [0.2, 0.25) is 0 Å². The standard InChI is InChI=1S/C11H16O15S6.Na.H/c1-22-28(12,13)7-6(27)8(29(14,15)23-2)10(31(18,19)25-4)11(32(20,21)26-5)9(7)30(16,17)24-3;;/h27H,1-5H3;;/q;+1;-1. The molecule has 0 aliphatic carbocycles. The van der Waals surface area contributed by atoms with Crippen molar-refractivity contribution in [1.29, 1.82) is 0 Å². The predicted octanol–water partition coefficient (Wildman–Crippen LogP) is -4.23. The number of rotatable bonds is 10. The van der Waals surface area contributed by atoms with Crippen LogP contribution in [0.1, 0.15) is 1.43 Å². The van der Waals surface area contributed by atoms with E-state index in [-0.39, 0.29) is 31.0 Å². The van der Waals surface area contributed by atoms with E-state index in [9.17, 15) is 42.1 Å². The van der Waals surface area contributed by atoms with Crippen LogP contribution in [0.3, 0.4) is 0 Å². The summed E-state index contributed by atoms with van der Waals surface area (Å²) < 4.78 is 147. The van der Waals surface area contributed by atoms with Gasteiger partial charge in [-0.2, -0.15) is 42.1 Å². The molecule has 0 bridgehead atoms. The number of hydrogen-bond acceptors (Lipinski definition) is 16. The van der Waals surface area contributed by atoms with E-state index < -0.39 is 80.0 Å². The summed E-state index contributed by atoms with van der Waals surface area (Å²) in [6.45, 7) is 0. The van der Waals surface area contributed by atoms with Crippen molar-refractivity contribution in [3.05, 3.63) is 0 Å². The minimum atomic E-state index is -5.54. The molecule has 0 aliphatic heterocycles. The molecule has 0 aliphatic rings. The molecule has 15 nitrogen and oxygen atoms in total. The summed E-state index contributed by atoms with van der Waals surface area (Å²) in [6, 6.07) is 0. The van der Waals surface area contributed by atoms with E-state index in [0.717, 1.165) is 0 Å². The second-order valence-electron chi connectivity index (χ2n) is 5.10. The minimum absolute atomic E-state index is 0. The molecular formula is C11H17NaO15S6.